The van der Waals surface area contributed by atoms with E-state index in [0.29, 0.717) is 28.1 Å². The van der Waals surface area contributed by atoms with Crippen LogP contribution < -0.4 is 10.1 Å². The highest BCUT2D eigenvalue weighted by Gasteiger charge is 2.36. The van der Waals surface area contributed by atoms with Gasteiger partial charge < -0.3 is 10.1 Å². The van der Waals surface area contributed by atoms with Crippen molar-refractivity contribution < 1.29 is 22.7 Å². The van der Waals surface area contributed by atoms with E-state index in [-0.39, 0.29) is 16.9 Å². The molecule has 0 aliphatic rings. The number of hydrogen-bond acceptors (Lipinski definition) is 4. The maximum atomic E-state index is 14.0. The van der Waals surface area contributed by atoms with Crippen LogP contribution in [0.25, 0.3) is 27.7 Å². The van der Waals surface area contributed by atoms with Gasteiger partial charge in [0.1, 0.15) is 11.3 Å². The molecule has 0 aliphatic heterocycles. The molecule has 3 aromatic carbocycles. The van der Waals surface area contributed by atoms with E-state index in [1.54, 1.807) is 36.4 Å². The van der Waals surface area contributed by atoms with Crippen molar-refractivity contribution in [3.63, 3.8) is 0 Å². The van der Waals surface area contributed by atoms with Crippen molar-refractivity contribution >= 4 is 28.0 Å². The highest BCUT2D eigenvalue weighted by molar-refractivity contribution is 6.08. The summed E-state index contributed by atoms with van der Waals surface area (Å²) in [7, 11) is 0. The van der Waals surface area contributed by atoms with Crippen LogP contribution in [-0.4, -0.2) is 27.1 Å². The highest BCUT2D eigenvalue weighted by Crippen LogP contribution is 2.35. The van der Waals surface area contributed by atoms with Crippen molar-refractivity contribution in [1.29, 1.82) is 0 Å². The number of rotatable bonds is 5. The number of amides is 1. The molecule has 5 aromatic rings. The summed E-state index contributed by atoms with van der Waals surface area (Å²) in [6, 6.07) is 20.3. The van der Waals surface area contributed by atoms with Crippen molar-refractivity contribution in [1.82, 2.24) is 14.6 Å². The number of hydrogen-bond donors (Lipinski definition) is 1. The number of carbonyl (C=O) groups excluding carboxylic acids is 1. The molecule has 1 N–H and O–H groups in total. The Bertz CT molecular complexity index is 1540. The van der Waals surface area contributed by atoms with Crippen molar-refractivity contribution in [2.75, 3.05) is 11.9 Å². The van der Waals surface area contributed by atoms with Gasteiger partial charge in [-0.15, -0.1) is 0 Å². The molecule has 9 heteroatoms. The third-order valence-corrected chi connectivity index (χ3v) is 5.50. The maximum Gasteiger partial charge on any atom is 0.433 e. The second-order valence-corrected chi connectivity index (χ2v) is 7.76. The molecule has 176 valence electrons. The molecule has 5 rings (SSSR count). The lowest BCUT2D eigenvalue weighted by molar-refractivity contribution is -0.142. The highest BCUT2D eigenvalue weighted by atomic mass is 19.4. The molecule has 0 fully saturated rings. The summed E-state index contributed by atoms with van der Waals surface area (Å²) in [6.07, 6.45) is -3.62. The average molecular weight is 476 g/mol. The summed E-state index contributed by atoms with van der Waals surface area (Å²) < 4.78 is 48.0. The monoisotopic (exact) mass is 476 g/mol. The van der Waals surface area contributed by atoms with E-state index >= 15 is 0 Å². The molecule has 0 unspecified atom stereocenters. The number of ether oxygens (including phenoxy) is 1. The largest absolute Gasteiger partial charge is 0.494 e. The normalized spacial score (nSPS) is 11.7. The predicted molar refractivity (Wildman–Crippen MR) is 126 cm³/mol. The number of nitrogens with one attached hydrogen (secondary N) is 1. The first-order chi connectivity index (χ1) is 16.8. The SMILES string of the molecule is CCOc1ccc(NC(=O)c2cnn3c(C(F)(F)F)cc(-c4cccc5ccccc45)nc23)cc1. The first-order valence-corrected chi connectivity index (χ1v) is 10.8. The van der Waals surface area contributed by atoms with Crippen LogP contribution in [0.1, 0.15) is 23.0 Å². The van der Waals surface area contributed by atoms with E-state index < -0.39 is 17.8 Å². The Labute approximate surface area is 198 Å². The summed E-state index contributed by atoms with van der Waals surface area (Å²) in [5.74, 6) is 0.0116. The van der Waals surface area contributed by atoms with Crippen LogP contribution in [0.3, 0.4) is 0 Å². The molecule has 2 aromatic heterocycles. The average Bonchev–Trinajstić information content (AvgIpc) is 3.28. The van der Waals surface area contributed by atoms with Crippen LogP contribution in [0, 0.1) is 0 Å². The van der Waals surface area contributed by atoms with Crippen LogP contribution >= 0.6 is 0 Å². The molecule has 1 amide bonds. The van der Waals surface area contributed by atoms with E-state index in [1.165, 1.54) is 0 Å². The number of halogens is 3. The van der Waals surface area contributed by atoms with Gasteiger partial charge in [-0.1, -0.05) is 42.5 Å². The summed E-state index contributed by atoms with van der Waals surface area (Å²) in [5, 5.41) is 8.13. The molecule has 0 saturated carbocycles. The van der Waals surface area contributed by atoms with E-state index in [1.807, 2.05) is 37.3 Å². The summed E-state index contributed by atoms with van der Waals surface area (Å²) in [5.41, 5.74) is -0.213. The zero-order valence-corrected chi connectivity index (χ0v) is 18.5. The number of carbonyl (C=O) groups is 1. The quantitative estimate of drug-likeness (QED) is 0.327. The van der Waals surface area contributed by atoms with Gasteiger partial charge in [0.2, 0.25) is 0 Å². The first kappa shape index (κ1) is 22.4. The van der Waals surface area contributed by atoms with Gasteiger partial charge in [-0.3, -0.25) is 4.79 Å². The minimum absolute atomic E-state index is 0.0773. The van der Waals surface area contributed by atoms with Gasteiger partial charge in [0.15, 0.2) is 11.3 Å². The smallest absolute Gasteiger partial charge is 0.433 e. The Morgan fingerprint density at radius 3 is 2.51 bits per heavy atom. The molecule has 2 heterocycles. The van der Waals surface area contributed by atoms with E-state index in [4.69, 9.17) is 4.74 Å². The summed E-state index contributed by atoms with van der Waals surface area (Å²) >= 11 is 0. The predicted octanol–water partition coefficient (Wildman–Crippen LogP) is 6.22. The molecule has 0 radical (unpaired) electrons. The number of alkyl halides is 3. The second-order valence-electron chi connectivity index (χ2n) is 7.76. The summed E-state index contributed by atoms with van der Waals surface area (Å²) in [6.45, 7) is 2.36. The molecule has 0 bridgehead atoms. The van der Waals surface area contributed by atoms with Crippen molar-refractivity contribution in [3.05, 3.63) is 90.3 Å². The third kappa shape index (κ3) is 4.28. The lowest BCUT2D eigenvalue weighted by atomic mass is 10.0. The Balaban J connectivity index is 1.61. The first-order valence-electron chi connectivity index (χ1n) is 10.8. The minimum atomic E-state index is -4.71. The fourth-order valence-corrected chi connectivity index (χ4v) is 3.91. The van der Waals surface area contributed by atoms with Gasteiger partial charge in [-0.2, -0.15) is 18.3 Å². The Morgan fingerprint density at radius 2 is 1.77 bits per heavy atom. The van der Waals surface area contributed by atoms with E-state index in [0.717, 1.165) is 23.0 Å². The topological polar surface area (TPSA) is 68.5 Å². The van der Waals surface area contributed by atoms with E-state index in [9.17, 15) is 18.0 Å². The van der Waals surface area contributed by atoms with Gasteiger partial charge in [0, 0.05) is 11.3 Å². The van der Waals surface area contributed by atoms with Gasteiger partial charge in [0.25, 0.3) is 5.91 Å². The van der Waals surface area contributed by atoms with Crippen LogP contribution in [0.5, 0.6) is 5.75 Å². The molecule has 0 spiro atoms. The minimum Gasteiger partial charge on any atom is -0.494 e. The molecule has 0 aliphatic carbocycles. The van der Waals surface area contributed by atoms with Gasteiger partial charge in [-0.25, -0.2) is 9.50 Å². The third-order valence-electron chi connectivity index (χ3n) is 5.50. The maximum absolute atomic E-state index is 14.0. The van der Waals surface area contributed by atoms with Gasteiger partial charge in [-0.05, 0) is 48.0 Å². The zero-order chi connectivity index (χ0) is 24.6. The Hall–Kier alpha value is -4.40. The number of benzene rings is 3. The van der Waals surface area contributed by atoms with E-state index in [2.05, 4.69) is 15.4 Å². The fraction of sp³-hybridized carbons (Fsp3) is 0.115. The molecule has 0 atom stereocenters. The zero-order valence-electron chi connectivity index (χ0n) is 18.5. The molecular weight excluding hydrogens is 457 g/mol. The van der Waals surface area contributed by atoms with Crippen molar-refractivity contribution in [3.8, 4) is 17.0 Å². The number of fused-ring (bicyclic) bond motifs is 2. The van der Waals surface area contributed by atoms with Crippen molar-refractivity contribution in [2.45, 2.75) is 13.1 Å². The van der Waals surface area contributed by atoms with Gasteiger partial charge >= 0.3 is 6.18 Å². The standard InChI is InChI=1S/C26H19F3N4O2/c1-2-35-18-12-10-17(11-13-18)31-25(34)21-15-30-33-23(26(27,28)29)14-22(32-24(21)33)20-9-5-7-16-6-3-4-8-19(16)20/h3-15H,2H2,1H3,(H,31,34). The number of anilines is 1. The van der Waals surface area contributed by atoms with Crippen LogP contribution in [0.2, 0.25) is 0 Å². The lowest BCUT2D eigenvalue weighted by Gasteiger charge is -2.13. The van der Waals surface area contributed by atoms with Crippen LogP contribution in [0.4, 0.5) is 18.9 Å². The van der Waals surface area contributed by atoms with Crippen molar-refractivity contribution in [2.24, 2.45) is 0 Å². The molecule has 0 saturated heterocycles. The lowest BCUT2D eigenvalue weighted by Crippen LogP contribution is -2.16. The Morgan fingerprint density at radius 1 is 1.03 bits per heavy atom. The fourth-order valence-electron chi connectivity index (χ4n) is 3.91. The second kappa shape index (κ2) is 8.75. The number of aromatic nitrogens is 3. The molecular formula is C26H19F3N4O2. The summed E-state index contributed by atoms with van der Waals surface area (Å²) in [4.78, 5) is 17.5. The van der Waals surface area contributed by atoms with Crippen LogP contribution in [0.15, 0.2) is 79.0 Å². The molecule has 6 nitrogen and oxygen atoms in total. The molecule has 35 heavy (non-hydrogen) atoms. The van der Waals surface area contributed by atoms with Crippen LogP contribution in [-0.2, 0) is 6.18 Å². The van der Waals surface area contributed by atoms with Gasteiger partial charge in [0.05, 0.1) is 18.5 Å². The Kier molecular flexibility index (Phi) is 5.60. The number of nitrogens with zero attached hydrogens (tertiary/aromatic N) is 3.